The Hall–Kier alpha value is -2.42. The fourth-order valence-corrected chi connectivity index (χ4v) is 3.75. The maximum atomic E-state index is 12.4. The van der Waals surface area contributed by atoms with Crippen LogP contribution in [0.25, 0.3) is 0 Å². The second-order valence-electron chi connectivity index (χ2n) is 5.37. The summed E-state index contributed by atoms with van der Waals surface area (Å²) in [4.78, 5) is 12.4. The third-order valence-corrected chi connectivity index (χ3v) is 5.63. The molecule has 0 radical (unpaired) electrons. The predicted octanol–water partition coefficient (Wildman–Crippen LogP) is 3.77. The fourth-order valence-electron chi connectivity index (χ4n) is 2.25. The van der Waals surface area contributed by atoms with E-state index in [0.717, 1.165) is 0 Å². The van der Waals surface area contributed by atoms with Crippen molar-refractivity contribution in [2.75, 3.05) is 5.32 Å². The van der Waals surface area contributed by atoms with Gasteiger partial charge in [0.1, 0.15) is 5.76 Å². The lowest BCUT2D eigenvalue weighted by molar-refractivity contribution is 0.102. The highest BCUT2D eigenvalue weighted by atomic mass is 79.9. The van der Waals surface area contributed by atoms with Gasteiger partial charge in [-0.15, -0.1) is 0 Å². The molecular formula is C18H15BrN2O4S. The van der Waals surface area contributed by atoms with E-state index in [4.69, 9.17) is 4.42 Å². The minimum atomic E-state index is -3.74. The van der Waals surface area contributed by atoms with Crippen LogP contribution < -0.4 is 10.0 Å². The van der Waals surface area contributed by atoms with Crippen molar-refractivity contribution >= 4 is 37.5 Å². The summed E-state index contributed by atoms with van der Waals surface area (Å²) < 4.78 is 33.1. The van der Waals surface area contributed by atoms with Crippen LogP contribution in [0.2, 0.25) is 0 Å². The molecule has 0 bridgehead atoms. The van der Waals surface area contributed by atoms with Crippen LogP contribution in [0.3, 0.4) is 0 Å². The van der Waals surface area contributed by atoms with Crippen molar-refractivity contribution in [1.29, 1.82) is 0 Å². The molecule has 0 spiro atoms. The normalized spacial score (nSPS) is 11.3. The van der Waals surface area contributed by atoms with Crippen molar-refractivity contribution in [3.05, 3.63) is 82.7 Å². The molecular weight excluding hydrogens is 420 g/mol. The summed E-state index contributed by atoms with van der Waals surface area (Å²) in [5, 5.41) is 2.70. The lowest BCUT2D eigenvalue weighted by Gasteiger charge is -2.10. The number of amides is 1. The highest BCUT2D eigenvalue weighted by molar-refractivity contribution is 9.10. The molecule has 3 aromatic rings. The van der Waals surface area contributed by atoms with Gasteiger partial charge in [0.2, 0.25) is 10.0 Å². The summed E-state index contributed by atoms with van der Waals surface area (Å²) in [6.07, 6.45) is 1.47. The van der Waals surface area contributed by atoms with Crippen LogP contribution in [0.5, 0.6) is 0 Å². The van der Waals surface area contributed by atoms with Gasteiger partial charge in [-0.05, 0) is 58.4 Å². The maximum absolute atomic E-state index is 12.4. The SMILES string of the molecule is O=C(Nc1cccc(S(=O)(=O)NCc2ccco2)c1)c1ccccc1Br. The molecule has 26 heavy (non-hydrogen) atoms. The number of halogens is 1. The average molecular weight is 435 g/mol. The Bertz CT molecular complexity index is 1020. The first-order valence-electron chi connectivity index (χ1n) is 7.64. The van der Waals surface area contributed by atoms with E-state index in [1.54, 1.807) is 48.5 Å². The maximum Gasteiger partial charge on any atom is 0.256 e. The van der Waals surface area contributed by atoms with Gasteiger partial charge >= 0.3 is 0 Å². The summed E-state index contributed by atoms with van der Waals surface area (Å²) in [5.74, 6) is 0.169. The minimum Gasteiger partial charge on any atom is -0.468 e. The fraction of sp³-hybridized carbons (Fsp3) is 0.0556. The van der Waals surface area contributed by atoms with E-state index in [2.05, 4.69) is 26.0 Å². The van der Waals surface area contributed by atoms with Gasteiger partial charge in [0, 0.05) is 10.2 Å². The Morgan fingerprint density at radius 3 is 2.58 bits per heavy atom. The molecule has 0 saturated carbocycles. The summed E-state index contributed by atoms with van der Waals surface area (Å²) in [7, 11) is -3.74. The first kappa shape index (κ1) is 18.4. The zero-order valence-electron chi connectivity index (χ0n) is 13.5. The second kappa shape index (κ2) is 7.86. The molecule has 0 aliphatic heterocycles. The highest BCUT2D eigenvalue weighted by Crippen LogP contribution is 2.20. The van der Waals surface area contributed by atoms with Gasteiger partial charge in [0.25, 0.3) is 5.91 Å². The van der Waals surface area contributed by atoms with Gasteiger partial charge in [0.15, 0.2) is 0 Å². The number of benzene rings is 2. The van der Waals surface area contributed by atoms with Crippen molar-refractivity contribution in [2.45, 2.75) is 11.4 Å². The molecule has 0 aliphatic rings. The molecule has 1 heterocycles. The van der Waals surface area contributed by atoms with Crippen molar-refractivity contribution in [3.8, 4) is 0 Å². The van der Waals surface area contributed by atoms with Crippen molar-refractivity contribution in [3.63, 3.8) is 0 Å². The molecule has 0 atom stereocenters. The monoisotopic (exact) mass is 434 g/mol. The van der Waals surface area contributed by atoms with Crippen LogP contribution in [0.4, 0.5) is 5.69 Å². The van der Waals surface area contributed by atoms with Crippen LogP contribution in [0.1, 0.15) is 16.1 Å². The number of rotatable bonds is 6. The van der Waals surface area contributed by atoms with Crippen LogP contribution in [-0.2, 0) is 16.6 Å². The molecule has 0 aliphatic carbocycles. The number of furan rings is 1. The van der Waals surface area contributed by atoms with Crippen molar-refractivity contribution in [1.82, 2.24) is 4.72 Å². The molecule has 2 aromatic carbocycles. The Morgan fingerprint density at radius 1 is 1.04 bits per heavy atom. The van der Waals surface area contributed by atoms with Gasteiger partial charge in [-0.2, -0.15) is 0 Å². The summed E-state index contributed by atoms with van der Waals surface area (Å²) in [6, 6.07) is 16.4. The number of sulfonamides is 1. The largest absolute Gasteiger partial charge is 0.468 e. The van der Waals surface area contributed by atoms with E-state index in [0.29, 0.717) is 21.5 Å². The van der Waals surface area contributed by atoms with Crippen LogP contribution >= 0.6 is 15.9 Å². The lowest BCUT2D eigenvalue weighted by atomic mass is 10.2. The Labute approximate surface area is 159 Å². The standard InChI is InChI=1S/C18H15BrN2O4S/c19-17-9-2-1-8-16(17)18(22)21-13-5-3-7-15(11-13)26(23,24)20-12-14-6-4-10-25-14/h1-11,20H,12H2,(H,21,22). The Morgan fingerprint density at radius 2 is 1.85 bits per heavy atom. The van der Waals surface area contributed by atoms with Gasteiger partial charge < -0.3 is 9.73 Å². The number of nitrogens with one attached hydrogen (secondary N) is 2. The summed E-state index contributed by atoms with van der Waals surface area (Å²) in [5.41, 5.74) is 0.836. The number of hydrogen-bond donors (Lipinski definition) is 2. The molecule has 2 N–H and O–H groups in total. The Balaban J connectivity index is 1.75. The zero-order valence-corrected chi connectivity index (χ0v) is 15.9. The number of anilines is 1. The van der Waals surface area contributed by atoms with Crippen LogP contribution in [0, 0.1) is 0 Å². The molecule has 0 saturated heterocycles. The minimum absolute atomic E-state index is 0.0445. The topological polar surface area (TPSA) is 88.4 Å². The molecule has 0 fully saturated rings. The molecule has 0 unspecified atom stereocenters. The molecule has 8 heteroatoms. The zero-order chi connectivity index (χ0) is 18.6. The van der Waals surface area contributed by atoms with Crippen LogP contribution in [0.15, 0.2) is 80.7 Å². The lowest BCUT2D eigenvalue weighted by Crippen LogP contribution is -2.23. The van der Waals surface area contributed by atoms with E-state index in [-0.39, 0.29) is 17.3 Å². The van der Waals surface area contributed by atoms with Crippen LogP contribution in [-0.4, -0.2) is 14.3 Å². The third-order valence-electron chi connectivity index (χ3n) is 3.54. The molecule has 6 nitrogen and oxygen atoms in total. The predicted molar refractivity (Wildman–Crippen MR) is 101 cm³/mol. The average Bonchev–Trinajstić information content (AvgIpc) is 3.14. The van der Waals surface area contributed by atoms with Gasteiger partial charge in [0.05, 0.1) is 23.3 Å². The Kier molecular flexibility index (Phi) is 5.55. The molecule has 1 amide bonds. The summed E-state index contributed by atoms with van der Waals surface area (Å²) in [6.45, 7) is 0.0445. The van der Waals surface area contributed by atoms with E-state index >= 15 is 0 Å². The molecule has 1 aromatic heterocycles. The molecule has 134 valence electrons. The van der Waals surface area contributed by atoms with Gasteiger partial charge in [-0.3, -0.25) is 4.79 Å². The number of carbonyl (C=O) groups is 1. The number of hydrogen-bond acceptors (Lipinski definition) is 4. The van der Waals surface area contributed by atoms with Gasteiger partial charge in [-0.25, -0.2) is 13.1 Å². The van der Waals surface area contributed by atoms with Gasteiger partial charge in [-0.1, -0.05) is 18.2 Å². The molecule has 3 rings (SSSR count). The second-order valence-corrected chi connectivity index (χ2v) is 7.99. The first-order valence-corrected chi connectivity index (χ1v) is 9.91. The van der Waals surface area contributed by atoms with Crippen molar-refractivity contribution < 1.29 is 17.6 Å². The van der Waals surface area contributed by atoms with Crippen molar-refractivity contribution in [2.24, 2.45) is 0 Å². The first-order chi connectivity index (χ1) is 12.5. The number of carbonyl (C=O) groups excluding carboxylic acids is 1. The van der Waals surface area contributed by atoms with E-state index in [1.807, 2.05) is 0 Å². The third kappa shape index (κ3) is 4.40. The van der Waals surface area contributed by atoms with E-state index in [1.165, 1.54) is 18.4 Å². The van der Waals surface area contributed by atoms with E-state index < -0.39 is 10.0 Å². The smallest absolute Gasteiger partial charge is 0.256 e. The highest BCUT2D eigenvalue weighted by Gasteiger charge is 2.16. The van der Waals surface area contributed by atoms with E-state index in [9.17, 15) is 13.2 Å². The summed E-state index contributed by atoms with van der Waals surface area (Å²) >= 11 is 3.32. The quantitative estimate of drug-likeness (QED) is 0.617.